The van der Waals surface area contributed by atoms with Crippen LogP contribution in [0.3, 0.4) is 0 Å². The van der Waals surface area contributed by atoms with Crippen LogP contribution < -0.4 is 14.2 Å². The largest absolute Gasteiger partial charge is 0.493 e. The van der Waals surface area contributed by atoms with E-state index in [1.54, 1.807) is 19.1 Å². The lowest BCUT2D eigenvalue weighted by molar-refractivity contribution is -0.392. The van der Waals surface area contributed by atoms with Gasteiger partial charge in [-0.05, 0) is 24.0 Å². The van der Waals surface area contributed by atoms with Gasteiger partial charge in [-0.3, -0.25) is 9.09 Å². The Morgan fingerprint density at radius 1 is 1.26 bits per heavy atom. The predicted molar refractivity (Wildman–Crippen MR) is 94.6 cm³/mol. The zero-order chi connectivity index (χ0) is 20.2. The minimum Gasteiger partial charge on any atom is -0.493 e. The van der Waals surface area contributed by atoms with Gasteiger partial charge in [-0.1, -0.05) is 5.10 Å². The molecule has 0 fully saturated rings. The minimum atomic E-state index is -3.70. The normalized spacial score (nSPS) is 13.1. The van der Waals surface area contributed by atoms with Crippen LogP contribution in [0.25, 0.3) is 0 Å². The molecule has 1 atom stereocenters. The van der Waals surface area contributed by atoms with Crippen molar-refractivity contribution in [1.29, 1.82) is 0 Å². The van der Waals surface area contributed by atoms with Crippen LogP contribution in [0.5, 0.6) is 17.2 Å². The van der Waals surface area contributed by atoms with Gasteiger partial charge in [0.25, 0.3) is 0 Å². The number of hydrogen-bond acceptors (Lipinski definition) is 8. The van der Waals surface area contributed by atoms with Gasteiger partial charge in [-0.2, -0.15) is 0 Å². The topological polar surface area (TPSA) is 135 Å². The molecule has 0 saturated heterocycles. The first kappa shape index (κ1) is 20.7. The number of hydrogen-bond donors (Lipinski definition) is 1. The van der Waals surface area contributed by atoms with Gasteiger partial charge in [-0.15, -0.1) is 4.68 Å². The Morgan fingerprint density at radius 3 is 2.33 bits per heavy atom. The number of aromatic nitrogens is 2. The van der Waals surface area contributed by atoms with E-state index in [4.69, 9.17) is 23.6 Å². The Balaban J connectivity index is 2.32. The number of benzene rings is 1. The number of nitrogens with zero attached hydrogens (tertiary/aromatic N) is 3. The van der Waals surface area contributed by atoms with Crippen LogP contribution in [0.1, 0.15) is 11.3 Å². The van der Waals surface area contributed by atoms with Gasteiger partial charge in [0.05, 0.1) is 26.0 Å². The maximum atomic E-state index is 11.2. The van der Waals surface area contributed by atoms with Gasteiger partial charge in [0.2, 0.25) is 5.75 Å². The van der Waals surface area contributed by atoms with E-state index in [0.717, 1.165) is 6.66 Å². The maximum Gasteiger partial charge on any atom is 0.345 e. The lowest BCUT2D eigenvalue weighted by Gasteiger charge is -2.16. The van der Waals surface area contributed by atoms with Crippen molar-refractivity contribution >= 4 is 13.4 Å². The molecule has 2 aromatic rings. The highest BCUT2D eigenvalue weighted by molar-refractivity contribution is 7.51. The molecule has 11 nitrogen and oxygen atoms in total. The number of methoxy groups -OCH3 is 2. The number of nitro groups is 1. The summed E-state index contributed by atoms with van der Waals surface area (Å²) < 4.78 is 33.0. The van der Waals surface area contributed by atoms with Crippen molar-refractivity contribution in [3.8, 4) is 17.2 Å². The molecule has 12 heteroatoms. The molecule has 27 heavy (non-hydrogen) atoms. The lowest BCUT2D eigenvalue weighted by Crippen LogP contribution is -2.08. The van der Waals surface area contributed by atoms with Crippen molar-refractivity contribution in [3.63, 3.8) is 0 Å². The highest BCUT2D eigenvalue weighted by Crippen LogP contribution is 2.41. The van der Waals surface area contributed by atoms with Crippen molar-refractivity contribution in [2.75, 3.05) is 27.7 Å². The first-order valence-corrected chi connectivity index (χ1v) is 9.68. The fourth-order valence-corrected chi connectivity index (χ4v) is 2.57. The summed E-state index contributed by atoms with van der Waals surface area (Å²) in [6.45, 7) is 2.32. The molecular formula is C15H20N3O8P. The molecule has 1 unspecified atom stereocenters. The van der Waals surface area contributed by atoms with E-state index in [0.29, 0.717) is 11.3 Å². The number of rotatable bonds is 9. The predicted octanol–water partition coefficient (Wildman–Crippen LogP) is 2.33. The van der Waals surface area contributed by atoms with Crippen molar-refractivity contribution in [3.05, 3.63) is 39.6 Å². The van der Waals surface area contributed by atoms with E-state index in [1.165, 1.54) is 25.0 Å². The van der Waals surface area contributed by atoms with Gasteiger partial charge < -0.3 is 29.2 Å². The summed E-state index contributed by atoms with van der Waals surface area (Å²) in [6.07, 6.45) is 0. The van der Waals surface area contributed by atoms with E-state index in [-0.39, 0.29) is 29.6 Å². The van der Waals surface area contributed by atoms with E-state index >= 15 is 0 Å². The van der Waals surface area contributed by atoms with Gasteiger partial charge in [0.1, 0.15) is 6.54 Å². The minimum absolute atomic E-state index is 0.106. The molecule has 0 aliphatic heterocycles. The first-order valence-electron chi connectivity index (χ1n) is 7.66. The monoisotopic (exact) mass is 401 g/mol. The molecule has 0 aliphatic carbocycles. The first-order chi connectivity index (χ1) is 12.6. The van der Waals surface area contributed by atoms with E-state index in [1.807, 2.05) is 0 Å². The Morgan fingerprint density at radius 2 is 1.85 bits per heavy atom. The summed E-state index contributed by atoms with van der Waals surface area (Å²) in [6, 6.07) is 4.58. The second-order valence-corrected chi connectivity index (χ2v) is 7.45. The molecule has 0 bridgehead atoms. The zero-order valence-electron chi connectivity index (χ0n) is 15.2. The number of aryl methyl sites for hydroxylation is 1. The molecule has 0 radical (unpaired) electrons. The fourth-order valence-electron chi connectivity index (χ4n) is 2.32. The molecule has 1 N–H and O–H groups in total. The molecule has 1 heterocycles. The Kier molecular flexibility index (Phi) is 6.42. The third-order valence-electron chi connectivity index (χ3n) is 3.42. The molecular weight excluding hydrogens is 381 g/mol. The van der Waals surface area contributed by atoms with Gasteiger partial charge in [0, 0.05) is 12.2 Å². The number of ether oxygens (including phenoxy) is 3. The molecule has 148 valence electrons. The lowest BCUT2D eigenvalue weighted by atomic mass is 10.2. The SMILES string of the molecule is COc1cc(Cn2nc(C)cc2[N+](=O)[O-])cc(OC)c1OCOP(C)(=O)O. The van der Waals surface area contributed by atoms with Crippen molar-refractivity contribution in [2.24, 2.45) is 0 Å². The van der Waals surface area contributed by atoms with Crippen LogP contribution in [0.2, 0.25) is 0 Å². The Labute approximate surface area is 155 Å². The van der Waals surface area contributed by atoms with Crippen LogP contribution in [-0.4, -0.2) is 47.3 Å². The standard InChI is InChI=1S/C15H20N3O8P/c1-10-5-14(18(19)20)17(16-10)8-11-6-12(23-2)15(13(7-11)24-3)25-9-26-27(4,21)22/h5-7H,8-9H2,1-4H3,(H,21,22). The summed E-state index contributed by atoms with van der Waals surface area (Å²) in [5, 5.41) is 15.3. The van der Waals surface area contributed by atoms with E-state index < -0.39 is 19.3 Å². The van der Waals surface area contributed by atoms with Gasteiger partial charge in [-0.25, -0.2) is 0 Å². The zero-order valence-corrected chi connectivity index (χ0v) is 16.1. The summed E-state index contributed by atoms with van der Waals surface area (Å²) in [5.41, 5.74) is 1.14. The Bertz CT molecular complexity index is 851. The van der Waals surface area contributed by atoms with Crippen LogP contribution in [0.4, 0.5) is 5.82 Å². The molecule has 1 aromatic heterocycles. The molecule has 1 aromatic carbocycles. The van der Waals surface area contributed by atoms with Gasteiger partial charge >= 0.3 is 13.4 Å². The van der Waals surface area contributed by atoms with Crippen molar-refractivity contribution in [1.82, 2.24) is 9.78 Å². The second kappa shape index (κ2) is 8.38. The summed E-state index contributed by atoms with van der Waals surface area (Å²) in [7, 11) is -0.887. The third-order valence-corrected chi connectivity index (χ3v) is 4.00. The highest BCUT2D eigenvalue weighted by atomic mass is 31.2. The molecule has 0 spiro atoms. The fraction of sp³-hybridized carbons (Fsp3) is 0.400. The van der Waals surface area contributed by atoms with E-state index in [9.17, 15) is 14.7 Å². The quantitative estimate of drug-likeness (QED) is 0.291. The maximum absolute atomic E-state index is 11.2. The third kappa shape index (κ3) is 5.43. The second-order valence-electron chi connectivity index (χ2n) is 5.58. The molecule has 0 saturated carbocycles. The summed E-state index contributed by atoms with van der Waals surface area (Å²) in [4.78, 5) is 19.8. The highest BCUT2D eigenvalue weighted by Gasteiger charge is 2.21. The molecule has 0 aliphatic rings. The van der Waals surface area contributed by atoms with Crippen molar-refractivity contribution < 1.29 is 33.1 Å². The van der Waals surface area contributed by atoms with Crippen LogP contribution in [0.15, 0.2) is 18.2 Å². The smallest absolute Gasteiger partial charge is 0.345 e. The Hall–Kier alpha value is -2.62. The molecule has 2 rings (SSSR count). The van der Waals surface area contributed by atoms with Crippen LogP contribution in [-0.2, 0) is 15.6 Å². The van der Waals surface area contributed by atoms with Crippen LogP contribution >= 0.6 is 7.60 Å². The average molecular weight is 401 g/mol. The molecule has 0 amide bonds. The average Bonchev–Trinajstić information content (AvgIpc) is 2.94. The summed E-state index contributed by atoms with van der Waals surface area (Å²) >= 11 is 0. The van der Waals surface area contributed by atoms with Crippen LogP contribution in [0, 0.1) is 17.0 Å². The summed E-state index contributed by atoms with van der Waals surface area (Å²) in [5.74, 6) is 0.566. The van der Waals surface area contributed by atoms with Crippen molar-refractivity contribution in [2.45, 2.75) is 13.5 Å². The van der Waals surface area contributed by atoms with Gasteiger partial charge in [0.15, 0.2) is 18.3 Å². The van der Waals surface area contributed by atoms with E-state index in [2.05, 4.69) is 5.10 Å².